The van der Waals surface area contributed by atoms with Crippen LogP contribution in [0.1, 0.15) is 5.69 Å². The molecule has 0 bridgehead atoms. The molecule has 2 rings (SSSR count). The van der Waals surface area contributed by atoms with E-state index in [1.165, 1.54) is 12.1 Å². The van der Waals surface area contributed by atoms with Gasteiger partial charge in [0.25, 0.3) is 0 Å². The van der Waals surface area contributed by atoms with Crippen molar-refractivity contribution in [2.24, 2.45) is 5.84 Å². The average molecular weight is 218 g/mol. The molecule has 0 saturated heterocycles. The van der Waals surface area contributed by atoms with Gasteiger partial charge in [0.1, 0.15) is 5.82 Å². The van der Waals surface area contributed by atoms with E-state index in [-0.39, 0.29) is 5.82 Å². The van der Waals surface area contributed by atoms with Gasteiger partial charge < -0.3 is 5.43 Å². The van der Waals surface area contributed by atoms with Crippen LogP contribution in [0.15, 0.2) is 30.3 Å². The van der Waals surface area contributed by atoms with Crippen LogP contribution >= 0.6 is 0 Å². The molecule has 0 aliphatic rings. The average Bonchev–Trinajstić information content (AvgIpc) is 2.31. The lowest BCUT2D eigenvalue weighted by Crippen LogP contribution is -2.09. The molecule has 3 N–H and O–H groups in total. The van der Waals surface area contributed by atoms with Crippen LogP contribution in [0.3, 0.4) is 0 Å². The summed E-state index contributed by atoms with van der Waals surface area (Å²) in [6.45, 7) is 1.84. The van der Waals surface area contributed by atoms with Gasteiger partial charge >= 0.3 is 0 Å². The van der Waals surface area contributed by atoms with Crippen LogP contribution in [0.25, 0.3) is 11.1 Å². The molecule has 1 heterocycles. The number of nitrogens with zero attached hydrogens (tertiary/aromatic N) is 2. The zero-order valence-electron chi connectivity index (χ0n) is 8.74. The summed E-state index contributed by atoms with van der Waals surface area (Å²) < 4.78 is 12.8. The lowest BCUT2D eigenvalue weighted by Gasteiger charge is -2.06. The maximum Gasteiger partial charge on any atom is 0.163 e. The van der Waals surface area contributed by atoms with E-state index in [9.17, 15) is 4.39 Å². The third-order valence-electron chi connectivity index (χ3n) is 2.28. The molecule has 4 nitrogen and oxygen atoms in total. The van der Waals surface area contributed by atoms with Gasteiger partial charge in [0.15, 0.2) is 5.82 Å². The fraction of sp³-hybridized carbons (Fsp3) is 0.0909. The lowest BCUT2D eigenvalue weighted by atomic mass is 10.1. The zero-order valence-corrected chi connectivity index (χ0v) is 8.74. The first-order valence-electron chi connectivity index (χ1n) is 4.77. The first kappa shape index (κ1) is 10.5. The highest BCUT2D eigenvalue weighted by molar-refractivity contribution is 5.68. The topological polar surface area (TPSA) is 63.8 Å². The number of nitrogens with two attached hydrogens (primary N) is 1. The Morgan fingerprint density at radius 2 is 1.88 bits per heavy atom. The van der Waals surface area contributed by atoms with Crippen molar-refractivity contribution in [3.05, 3.63) is 41.8 Å². The second kappa shape index (κ2) is 4.24. The Hall–Kier alpha value is -2.01. The van der Waals surface area contributed by atoms with E-state index in [1.54, 1.807) is 18.2 Å². The highest BCUT2D eigenvalue weighted by Crippen LogP contribution is 2.23. The first-order chi connectivity index (χ1) is 7.70. The number of benzene rings is 1. The Labute approximate surface area is 92.3 Å². The minimum atomic E-state index is -0.263. The lowest BCUT2D eigenvalue weighted by molar-refractivity contribution is 0.628. The number of hydrogen-bond donors (Lipinski definition) is 2. The number of halogens is 1. The monoisotopic (exact) mass is 218 g/mol. The SMILES string of the molecule is Cc1nnc(NN)cc1-c1ccc(F)cc1. The molecule has 0 fully saturated rings. The molecule has 0 spiro atoms. The summed E-state index contributed by atoms with van der Waals surface area (Å²) in [4.78, 5) is 0. The highest BCUT2D eigenvalue weighted by Gasteiger charge is 2.05. The first-order valence-corrected chi connectivity index (χ1v) is 4.77. The fourth-order valence-electron chi connectivity index (χ4n) is 1.44. The summed E-state index contributed by atoms with van der Waals surface area (Å²) >= 11 is 0. The summed E-state index contributed by atoms with van der Waals surface area (Å²) in [5, 5.41) is 7.80. The normalized spacial score (nSPS) is 10.2. The smallest absolute Gasteiger partial charge is 0.163 e. The van der Waals surface area contributed by atoms with Crippen molar-refractivity contribution in [3.8, 4) is 11.1 Å². The van der Waals surface area contributed by atoms with Crippen LogP contribution in [-0.2, 0) is 0 Å². The van der Waals surface area contributed by atoms with Gasteiger partial charge in [0, 0.05) is 5.56 Å². The van der Waals surface area contributed by atoms with Crippen LogP contribution < -0.4 is 11.3 Å². The molecule has 1 aromatic heterocycles. The zero-order chi connectivity index (χ0) is 11.5. The van der Waals surface area contributed by atoms with Crippen LogP contribution in [0, 0.1) is 12.7 Å². The Morgan fingerprint density at radius 3 is 2.50 bits per heavy atom. The van der Waals surface area contributed by atoms with Crippen molar-refractivity contribution in [1.29, 1.82) is 0 Å². The third-order valence-corrected chi connectivity index (χ3v) is 2.28. The molecule has 0 saturated carbocycles. The molecule has 2 aromatic rings. The Balaban J connectivity index is 2.50. The van der Waals surface area contributed by atoms with Crippen molar-refractivity contribution < 1.29 is 4.39 Å². The largest absolute Gasteiger partial charge is 0.307 e. The van der Waals surface area contributed by atoms with Crippen LogP contribution in [0.4, 0.5) is 10.2 Å². The van der Waals surface area contributed by atoms with Crippen molar-refractivity contribution in [2.75, 3.05) is 5.43 Å². The molecule has 1 aromatic carbocycles. The molecule has 0 atom stereocenters. The molecular formula is C11H11FN4. The molecule has 0 unspecified atom stereocenters. The third kappa shape index (κ3) is 1.99. The maximum absolute atomic E-state index is 12.8. The van der Waals surface area contributed by atoms with E-state index in [2.05, 4.69) is 15.6 Å². The van der Waals surface area contributed by atoms with E-state index >= 15 is 0 Å². The van der Waals surface area contributed by atoms with Crippen molar-refractivity contribution in [3.63, 3.8) is 0 Å². The molecule has 0 aliphatic carbocycles. The molecular weight excluding hydrogens is 207 g/mol. The van der Waals surface area contributed by atoms with Gasteiger partial charge in [-0.05, 0) is 30.7 Å². The second-order valence-electron chi connectivity index (χ2n) is 3.38. The number of nitrogen functional groups attached to an aromatic ring is 1. The van der Waals surface area contributed by atoms with E-state index in [0.29, 0.717) is 5.82 Å². The van der Waals surface area contributed by atoms with Crippen molar-refractivity contribution in [1.82, 2.24) is 10.2 Å². The summed E-state index contributed by atoms with van der Waals surface area (Å²) in [5.74, 6) is 5.47. The van der Waals surface area contributed by atoms with Gasteiger partial charge in [-0.25, -0.2) is 10.2 Å². The predicted octanol–water partition coefficient (Wildman–Crippen LogP) is 1.88. The van der Waals surface area contributed by atoms with E-state index in [4.69, 9.17) is 5.84 Å². The Kier molecular flexibility index (Phi) is 2.78. The van der Waals surface area contributed by atoms with Crippen LogP contribution in [0.2, 0.25) is 0 Å². The standard InChI is InChI=1S/C11H11FN4/c1-7-10(6-11(14-13)16-15-7)8-2-4-9(12)5-3-8/h2-6H,13H2,1H3,(H,14,16). The van der Waals surface area contributed by atoms with Gasteiger partial charge in [0.2, 0.25) is 0 Å². The van der Waals surface area contributed by atoms with Gasteiger partial charge in [-0.3, -0.25) is 0 Å². The minimum absolute atomic E-state index is 0.263. The van der Waals surface area contributed by atoms with Crippen LogP contribution in [0.5, 0.6) is 0 Å². The quantitative estimate of drug-likeness (QED) is 0.596. The van der Waals surface area contributed by atoms with Gasteiger partial charge in [-0.2, -0.15) is 5.10 Å². The molecule has 0 radical (unpaired) electrons. The number of nitrogens with one attached hydrogen (secondary N) is 1. The van der Waals surface area contributed by atoms with Crippen molar-refractivity contribution in [2.45, 2.75) is 6.92 Å². The van der Waals surface area contributed by atoms with Gasteiger partial charge in [-0.1, -0.05) is 12.1 Å². The second-order valence-corrected chi connectivity index (χ2v) is 3.38. The number of hydrogen-bond acceptors (Lipinski definition) is 4. The van der Waals surface area contributed by atoms with Crippen molar-refractivity contribution >= 4 is 5.82 Å². The number of hydrazine groups is 1. The van der Waals surface area contributed by atoms with Crippen LogP contribution in [-0.4, -0.2) is 10.2 Å². The molecule has 0 amide bonds. The summed E-state index contributed by atoms with van der Waals surface area (Å²) in [7, 11) is 0. The molecule has 0 aliphatic heterocycles. The van der Waals surface area contributed by atoms with Gasteiger partial charge in [0.05, 0.1) is 5.69 Å². The summed E-state index contributed by atoms with van der Waals surface area (Å²) in [6.07, 6.45) is 0. The number of rotatable bonds is 2. The Morgan fingerprint density at radius 1 is 1.19 bits per heavy atom. The minimum Gasteiger partial charge on any atom is -0.307 e. The maximum atomic E-state index is 12.8. The van der Waals surface area contributed by atoms with E-state index in [0.717, 1.165) is 16.8 Å². The molecule has 82 valence electrons. The van der Waals surface area contributed by atoms with Gasteiger partial charge in [-0.15, -0.1) is 5.10 Å². The molecule has 16 heavy (non-hydrogen) atoms. The highest BCUT2D eigenvalue weighted by atomic mass is 19.1. The number of anilines is 1. The summed E-state index contributed by atoms with van der Waals surface area (Å²) in [5.41, 5.74) is 4.95. The molecule has 5 heteroatoms. The summed E-state index contributed by atoms with van der Waals surface area (Å²) in [6, 6.07) is 7.98. The fourth-order valence-corrected chi connectivity index (χ4v) is 1.44. The van der Waals surface area contributed by atoms with E-state index in [1.807, 2.05) is 6.92 Å². The van der Waals surface area contributed by atoms with E-state index < -0.39 is 0 Å². The Bertz CT molecular complexity index is 496. The predicted molar refractivity (Wildman–Crippen MR) is 60.0 cm³/mol. The number of aryl methyl sites for hydroxylation is 1. The number of aromatic nitrogens is 2.